The molecule has 0 spiro atoms. The molecule has 2 aromatic heterocycles. The van der Waals surface area contributed by atoms with Crippen LogP contribution in [0, 0.1) is 0 Å². The summed E-state index contributed by atoms with van der Waals surface area (Å²) in [5.74, 6) is 0.624. The lowest BCUT2D eigenvalue weighted by molar-refractivity contribution is -0.141. The molecule has 116 valence electrons. The van der Waals surface area contributed by atoms with Crippen LogP contribution in [0.3, 0.4) is 0 Å². The van der Waals surface area contributed by atoms with Gasteiger partial charge in [0.15, 0.2) is 5.65 Å². The number of aromatic nitrogens is 3. The average Bonchev–Trinajstić information content (AvgIpc) is 2.66. The molecule has 0 aromatic carbocycles. The molecule has 0 amide bonds. The van der Waals surface area contributed by atoms with Gasteiger partial charge in [-0.25, -0.2) is 9.50 Å². The van der Waals surface area contributed by atoms with E-state index < -0.39 is 11.9 Å². The Bertz CT molecular complexity index is 674. The van der Waals surface area contributed by atoms with Crippen LogP contribution >= 0.6 is 23.4 Å². The Morgan fingerprint density at radius 1 is 1.29 bits per heavy atom. The Morgan fingerprint density at radius 2 is 1.90 bits per heavy atom. The van der Waals surface area contributed by atoms with Gasteiger partial charge in [-0.1, -0.05) is 39.3 Å². The van der Waals surface area contributed by atoms with E-state index >= 15 is 0 Å². The van der Waals surface area contributed by atoms with E-state index in [1.807, 2.05) is 27.7 Å². The molecule has 8 heteroatoms. The van der Waals surface area contributed by atoms with E-state index in [1.54, 1.807) is 0 Å². The largest absolute Gasteiger partial charge is 0.433 e. The van der Waals surface area contributed by atoms with Gasteiger partial charge in [0.2, 0.25) is 0 Å². The molecule has 0 aliphatic heterocycles. The molecule has 2 rings (SSSR count). The molecule has 0 aliphatic rings. The fraction of sp³-hybridized carbons (Fsp3) is 0.538. The summed E-state index contributed by atoms with van der Waals surface area (Å²) < 4.78 is 40.3. The van der Waals surface area contributed by atoms with Crippen molar-refractivity contribution in [1.29, 1.82) is 0 Å². The molecule has 0 bridgehead atoms. The molecular weight excluding hydrogens is 323 g/mol. The molecular formula is C13H15ClF3N3S. The van der Waals surface area contributed by atoms with Crippen molar-refractivity contribution in [2.24, 2.45) is 0 Å². The molecule has 0 saturated carbocycles. The van der Waals surface area contributed by atoms with Crippen molar-refractivity contribution < 1.29 is 13.2 Å². The van der Waals surface area contributed by atoms with Crippen LogP contribution in [-0.2, 0) is 11.6 Å². The number of halogens is 4. The van der Waals surface area contributed by atoms with E-state index in [4.69, 9.17) is 11.6 Å². The fourth-order valence-electron chi connectivity index (χ4n) is 1.84. The first kappa shape index (κ1) is 16.4. The third-order valence-electron chi connectivity index (χ3n) is 2.79. The second-order valence-corrected chi connectivity index (χ2v) is 7.22. The Labute approximate surface area is 129 Å². The van der Waals surface area contributed by atoms with Crippen molar-refractivity contribution in [3.8, 4) is 0 Å². The van der Waals surface area contributed by atoms with Gasteiger partial charge in [0.05, 0.1) is 5.69 Å². The minimum Gasteiger partial charge on any atom is -0.223 e. The number of nitrogens with zero attached hydrogens (tertiary/aromatic N) is 3. The predicted molar refractivity (Wildman–Crippen MR) is 78.1 cm³/mol. The number of rotatable bonds is 2. The Kier molecular flexibility index (Phi) is 4.19. The highest BCUT2D eigenvalue weighted by atomic mass is 35.5. The van der Waals surface area contributed by atoms with Crippen LogP contribution < -0.4 is 0 Å². The standard InChI is InChI=1S/C13H15ClF3N3S/c1-5-21-8-6-7(13(15,16)17)18-11-9(14)10(12(2,3)4)19-20(8)11/h6H,5H2,1-4H3. The van der Waals surface area contributed by atoms with Crippen LogP contribution in [0.2, 0.25) is 5.02 Å². The summed E-state index contributed by atoms with van der Waals surface area (Å²) in [5, 5.41) is 4.91. The lowest BCUT2D eigenvalue weighted by Crippen LogP contribution is -2.13. The van der Waals surface area contributed by atoms with Crippen LogP contribution in [0.25, 0.3) is 5.65 Å². The molecule has 0 saturated heterocycles. The maximum Gasteiger partial charge on any atom is 0.433 e. The van der Waals surface area contributed by atoms with Gasteiger partial charge in [0.25, 0.3) is 0 Å². The number of hydrogen-bond donors (Lipinski definition) is 0. The molecule has 0 unspecified atom stereocenters. The van der Waals surface area contributed by atoms with Gasteiger partial charge in [0, 0.05) is 11.5 Å². The molecule has 2 aromatic rings. The van der Waals surface area contributed by atoms with Gasteiger partial charge in [-0.2, -0.15) is 18.3 Å². The molecule has 0 aliphatic carbocycles. The summed E-state index contributed by atoms with van der Waals surface area (Å²) in [6, 6.07) is 1.01. The maximum absolute atomic E-state index is 13.0. The number of hydrogen-bond acceptors (Lipinski definition) is 3. The molecule has 21 heavy (non-hydrogen) atoms. The molecule has 0 N–H and O–H groups in total. The zero-order valence-corrected chi connectivity index (χ0v) is 13.6. The fourth-order valence-corrected chi connectivity index (χ4v) is 3.02. The number of thioether (sulfide) groups is 1. The SMILES string of the molecule is CCSc1cc(C(F)(F)F)nc2c(Cl)c(C(C)(C)C)nn12. The predicted octanol–water partition coefficient (Wildman–Crippen LogP) is 4.81. The summed E-state index contributed by atoms with van der Waals surface area (Å²) in [6.07, 6.45) is -4.51. The van der Waals surface area contributed by atoms with Crippen molar-refractivity contribution in [3.63, 3.8) is 0 Å². The minimum absolute atomic E-state index is 0.0485. The second-order valence-electron chi connectivity index (χ2n) is 5.56. The lowest BCUT2D eigenvalue weighted by atomic mass is 9.92. The first-order chi connectivity index (χ1) is 9.55. The van der Waals surface area contributed by atoms with Gasteiger partial charge in [-0.05, 0) is 5.75 Å². The van der Waals surface area contributed by atoms with Crippen LogP contribution in [0.15, 0.2) is 11.1 Å². The Hall–Kier alpha value is -0.950. The van der Waals surface area contributed by atoms with Crippen LogP contribution in [-0.4, -0.2) is 20.4 Å². The van der Waals surface area contributed by atoms with Gasteiger partial charge >= 0.3 is 6.18 Å². The van der Waals surface area contributed by atoms with E-state index in [1.165, 1.54) is 16.3 Å². The molecule has 0 radical (unpaired) electrons. The van der Waals surface area contributed by atoms with Gasteiger partial charge in [-0.3, -0.25) is 0 Å². The summed E-state index contributed by atoms with van der Waals surface area (Å²) in [4.78, 5) is 3.65. The zero-order chi connectivity index (χ0) is 16.0. The topological polar surface area (TPSA) is 30.2 Å². The highest BCUT2D eigenvalue weighted by Crippen LogP contribution is 2.36. The van der Waals surface area contributed by atoms with Crippen molar-refractivity contribution in [2.45, 2.75) is 44.3 Å². The summed E-state index contributed by atoms with van der Waals surface area (Å²) >= 11 is 7.48. The van der Waals surface area contributed by atoms with Gasteiger partial charge in [-0.15, -0.1) is 11.8 Å². The average molecular weight is 338 g/mol. The second kappa shape index (κ2) is 5.35. The third kappa shape index (κ3) is 3.13. The highest BCUT2D eigenvalue weighted by molar-refractivity contribution is 7.99. The first-order valence-electron chi connectivity index (χ1n) is 6.35. The molecule has 3 nitrogen and oxygen atoms in total. The lowest BCUT2D eigenvalue weighted by Gasteiger charge is -2.14. The zero-order valence-electron chi connectivity index (χ0n) is 12.0. The number of alkyl halides is 3. The molecule has 0 atom stereocenters. The van der Waals surface area contributed by atoms with E-state index in [2.05, 4.69) is 10.1 Å². The smallest absolute Gasteiger partial charge is 0.223 e. The summed E-state index contributed by atoms with van der Waals surface area (Å²) in [5.41, 5.74) is -0.744. The quantitative estimate of drug-likeness (QED) is 0.582. The van der Waals surface area contributed by atoms with Gasteiger partial charge < -0.3 is 0 Å². The third-order valence-corrected chi connectivity index (χ3v) is 4.02. The van der Waals surface area contributed by atoms with Crippen molar-refractivity contribution >= 4 is 29.0 Å². The van der Waals surface area contributed by atoms with Gasteiger partial charge in [0.1, 0.15) is 15.7 Å². The summed E-state index contributed by atoms with van der Waals surface area (Å²) in [7, 11) is 0. The Balaban J connectivity index is 2.79. The summed E-state index contributed by atoms with van der Waals surface area (Å²) in [6.45, 7) is 7.56. The maximum atomic E-state index is 13.0. The van der Waals surface area contributed by atoms with Crippen molar-refractivity contribution in [2.75, 3.05) is 5.75 Å². The molecule has 0 fully saturated rings. The van der Waals surface area contributed by atoms with E-state index in [0.29, 0.717) is 16.5 Å². The van der Waals surface area contributed by atoms with E-state index in [9.17, 15) is 13.2 Å². The first-order valence-corrected chi connectivity index (χ1v) is 7.71. The minimum atomic E-state index is -4.51. The van der Waals surface area contributed by atoms with Crippen LogP contribution in [0.5, 0.6) is 0 Å². The monoisotopic (exact) mass is 337 g/mol. The van der Waals surface area contributed by atoms with Crippen LogP contribution in [0.1, 0.15) is 39.1 Å². The number of fused-ring (bicyclic) bond motifs is 1. The van der Waals surface area contributed by atoms with Crippen molar-refractivity contribution in [1.82, 2.24) is 14.6 Å². The highest BCUT2D eigenvalue weighted by Gasteiger charge is 2.35. The van der Waals surface area contributed by atoms with Crippen LogP contribution in [0.4, 0.5) is 13.2 Å². The van der Waals surface area contributed by atoms with E-state index in [-0.39, 0.29) is 16.1 Å². The van der Waals surface area contributed by atoms with Crippen molar-refractivity contribution in [3.05, 3.63) is 22.5 Å². The molecule has 2 heterocycles. The Morgan fingerprint density at radius 3 is 2.38 bits per heavy atom. The van der Waals surface area contributed by atoms with E-state index in [0.717, 1.165) is 6.07 Å². The normalized spacial score (nSPS) is 13.1.